The Morgan fingerprint density at radius 3 is 2.74 bits per heavy atom. The standard InChI is InChI=1S/C13H11ClN4O/c1-7-3-2-4-8(14)11(7)16-10-6-5-9(15)12-13(10)18-19-17-12/h2-6,16H,15H2,1H3. The van der Waals surface area contributed by atoms with Crippen molar-refractivity contribution in [2.24, 2.45) is 0 Å². The van der Waals surface area contributed by atoms with E-state index < -0.39 is 0 Å². The van der Waals surface area contributed by atoms with Crippen molar-refractivity contribution in [2.45, 2.75) is 6.92 Å². The zero-order valence-electron chi connectivity index (χ0n) is 10.1. The van der Waals surface area contributed by atoms with Crippen LogP contribution in [-0.4, -0.2) is 10.3 Å². The quantitative estimate of drug-likeness (QED) is 0.699. The molecule has 0 aliphatic carbocycles. The van der Waals surface area contributed by atoms with E-state index in [1.807, 2.05) is 31.2 Å². The molecule has 5 nitrogen and oxygen atoms in total. The SMILES string of the molecule is Cc1cccc(Cl)c1Nc1ccc(N)c2nonc12. The summed E-state index contributed by atoms with van der Waals surface area (Å²) < 4.78 is 4.73. The monoisotopic (exact) mass is 274 g/mol. The number of nitrogens with two attached hydrogens (primary N) is 1. The van der Waals surface area contributed by atoms with Gasteiger partial charge in [0, 0.05) is 0 Å². The predicted molar refractivity (Wildman–Crippen MR) is 75.7 cm³/mol. The van der Waals surface area contributed by atoms with Crippen molar-refractivity contribution in [1.82, 2.24) is 10.3 Å². The van der Waals surface area contributed by atoms with Gasteiger partial charge < -0.3 is 11.1 Å². The van der Waals surface area contributed by atoms with E-state index >= 15 is 0 Å². The molecule has 96 valence electrons. The van der Waals surface area contributed by atoms with Gasteiger partial charge in [-0.3, -0.25) is 0 Å². The fourth-order valence-corrected chi connectivity index (χ4v) is 2.18. The maximum Gasteiger partial charge on any atom is 0.160 e. The van der Waals surface area contributed by atoms with Gasteiger partial charge in [0.25, 0.3) is 0 Å². The van der Waals surface area contributed by atoms with Crippen LogP contribution >= 0.6 is 11.6 Å². The maximum atomic E-state index is 6.19. The Hall–Kier alpha value is -2.27. The lowest BCUT2D eigenvalue weighted by Gasteiger charge is -2.11. The summed E-state index contributed by atoms with van der Waals surface area (Å²) in [5.41, 5.74) is 10.1. The van der Waals surface area contributed by atoms with Crippen molar-refractivity contribution < 1.29 is 4.63 Å². The molecule has 3 N–H and O–H groups in total. The van der Waals surface area contributed by atoms with Crippen molar-refractivity contribution >= 4 is 39.7 Å². The number of halogens is 1. The fourth-order valence-electron chi connectivity index (χ4n) is 1.91. The van der Waals surface area contributed by atoms with Crippen LogP contribution in [0, 0.1) is 6.92 Å². The molecular formula is C13H11ClN4O. The van der Waals surface area contributed by atoms with Crippen LogP contribution in [0.25, 0.3) is 11.0 Å². The van der Waals surface area contributed by atoms with Gasteiger partial charge in [0.05, 0.1) is 22.1 Å². The van der Waals surface area contributed by atoms with Gasteiger partial charge in [0.15, 0.2) is 11.0 Å². The number of hydrogen-bond donors (Lipinski definition) is 2. The van der Waals surface area contributed by atoms with E-state index in [1.165, 1.54) is 0 Å². The van der Waals surface area contributed by atoms with E-state index in [0.717, 1.165) is 16.9 Å². The number of hydrogen-bond acceptors (Lipinski definition) is 5. The van der Waals surface area contributed by atoms with Gasteiger partial charge in [-0.05, 0) is 41.0 Å². The summed E-state index contributed by atoms with van der Waals surface area (Å²) in [7, 11) is 0. The molecule has 3 rings (SSSR count). The lowest BCUT2D eigenvalue weighted by Crippen LogP contribution is -1.96. The minimum atomic E-state index is 0.526. The number of nitrogen functional groups attached to an aromatic ring is 1. The molecule has 0 amide bonds. The minimum absolute atomic E-state index is 0.526. The molecule has 0 aliphatic rings. The summed E-state index contributed by atoms with van der Waals surface area (Å²) >= 11 is 6.19. The van der Waals surface area contributed by atoms with Crippen molar-refractivity contribution in [2.75, 3.05) is 11.1 Å². The van der Waals surface area contributed by atoms with Gasteiger partial charge in [-0.25, -0.2) is 4.63 Å². The van der Waals surface area contributed by atoms with Crippen molar-refractivity contribution in [3.8, 4) is 0 Å². The molecule has 0 fully saturated rings. The minimum Gasteiger partial charge on any atom is -0.397 e. The first-order valence-corrected chi connectivity index (χ1v) is 6.07. The first-order chi connectivity index (χ1) is 9.16. The molecular weight excluding hydrogens is 264 g/mol. The van der Waals surface area contributed by atoms with E-state index in [-0.39, 0.29) is 0 Å². The highest BCUT2D eigenvalue weighted by Crippen LogP contribution is 2.32. The van der Waals surface area contributed by atoms with Crippen molar-refractivity contribution in [1.29, 1.82) is 0 Å². The third kappa shape index (κ3) is 1.98. The highest BCUT2D eigenvalue weighted by atomic mass is 35.5. The Balaban J connectivity index is 2.11. The molecule has 0 aliphatic heterocycles. The third-order valence-electron chi connectivity index (χ3n) is 2.93. The third-order valence-corrected chi connectivity index (χ3v) is 3.24. The van der Waals surface area contributed by atoms with Crippen molar-refractivity contribution in [3.05, 3.63) is 40.9 Å². The average Bonchev–Trinajstić information content (AvgIpc) is 2.87. The topological polar surface area (TPSA) is 77.0 Å². The molecule has 0 spiro atoms. The molecule has 0 saturated heterocycles. The van der Waals surface area contributed by atoms with Crippen LogP contribution in [-0.2, 0) is 0 Å². The molecule has 0 atom stereocenters. The van der Waals surface area contributed by atoms with E-state index in [4.69, 9.17) is 22.0 Å². The highest BCUT2D eigenvalue weighted by molar-refractivity contribution is 6.33. The number of para-hydroxylation sites is 1. The van der Waals surface area contributed by atoms with Crippen LogP contribution < -0.4 is 11.1 Å². The van der Waals surface area contributed by atoms with Crippen LogP contribution in [0.2, 0.25) is 5.02 Å². The normalized spacial score (nSPS) is 10.8. The summed E-state index contributed by atoms with van der Waals surface area (Å²) in [6.45, 7) is 1.98. The second-order valence-corrected chi connectivity index (χ2v) is 4.63. The first kappa shape index (κ1) is 11.8. The van der Waals surface area contributed by atoms with Crippen LogP contribution in [0.3, 0.4) is 0 Å². The number of aryl methyl sites for hydroxylation is 1. The van der Waals surface area contributed by atoms with Gasteiger partial charge in [-0.2, -0.15) is 0 Å². The van der Waals surface area contributed by atoms with Gasteiger partial charge in [0.1, 0.15) is 0 Å². The number of anilines is 3. The van der Waals surface area contributed by atoms with E-state index in [9.17, 15) is 0 Å². The largest absolute Gasteiger partial charge is 0.397 e. The zero-order valence-corrected chi connectivity index (χ0v) is 10.9. The van der Waals surface area contributed by atoms with Crippen LogP contribution in [0.5, 0.6) is 0 Å². The summed E-state index contributed by atoms with van der Waals surface area (Å²) in [4.78, 5) is 0. The van der Waals surface area contributed by atoms with Gasteiger partial charge in [0.2, 0.25) is 0 Å². The summed E-state index contributed by atoms with van der Waals surface area (Å²) in [5, 5.41) is 11.5. The summed E-state index contributed by atoms with van der Waals surface area (Å²) in [6.07, 6.45) is 0. The molecule has 6 heteroatoms. The molecule has 19 heavy (non-hydrogen) atoms. The van der Waals surface area contributed by atoms with Crippen LogP contribution in [0.15, 0.2) is 35.0 Å². The maximum absolute atomic E-state index is 6.19. The molecule has 3 aromatic rings. The van der Waals surface area contributed by atoms with E-state index in [1.54, 1.807) is 6.07 Å². The lowest BCUT2D eigenvalue weighted by atomic mass is 10.1. The Morgan fingerprint density at radius 2 is 1.95 bits per heavy atom. The Labute approximate surface area is 114 Å². The number of aromatic nitrogens is 2. The lowest BCUT2D eigenvalue weighted by molar-refractivity contribution is 0.316. The molecule has 1 heterocycles. The smallest absolute Gasteiger partial charge is 0.160 e. The number of nitrogens with zero attached hydrogens (tertiary/aromatic N) is 2. The molecule has 2 aromatic carbocycles. The van der Waals surface area contributed by atoms with Gasteiger partial charge in [-0.1, -0.05) is 23.7 Å². The second-order valence-electron chi connectivity index (χ2n) is 4.22. The van der Waals surface area contributed by atoms with E-state index in [0.29, 0.717) is 21.7 Å². The molecule has 0 radical (unpaired) electrons. The summed E-state index contributed by atoms with van der Waals surface area (Å²) in [6, 6.07) is 9.28. The van der Waals surface area contributed by atoms with E-state index in [2.05, 4.69) is 15.6 Å². The number of nitrogens with one attached hydrogen (secondary N) is 1. The van der Waals surface area contributed by atoms with Gasteiger partial charge >= 0.3 is 0 Å². The Morgan fingerprint density at radius 1 is 1.16 bits per heavy atom. The van der Waals surface area contributed by atoms with Crippen LogP contribution in [0.4, 0.5) is 17.1 Å². The zero-order chi connectivity index (χ0) is 13.4. The average molecular weight is 275 g/mol. The Kier molecular flexibility index (Phi) is 2.76. The molecule has 1 aromatic heterocycles. The number of fused-ring (bicyclic) bond motifs is 1. The van der Waals surface area contributed by atoms with Crippen molar-refractivity contribution in [3.63, 3.8) is 0 Å². The first-order valence-electron chi connectivity index (χ1n) is 5.69. The fraction of sp³-hybridized carbons (Fsp3) is 0.0769. The summed E-state index contributed by atoms with van der Waals surface area (Å²) in [5.74, 6) is 0. The molecule has 0 saturated carbocycles. The Bertz CT molecular complexity index is 733. The number of benzene rings is 2. The second kappa shape index (κ2) is 4.44. The molecule has 0 unspecified atom stereocenters. The highest BCUT2D eigenvalue weighted by Gasteiger charge is 2.12. The van der Waals surface area contributed by atoms with Gasteiger partial charge in [-0.15, -0.1) is 0 Å². The predicted octanol–water partition coefficient (Wildman–Crippen LogP) is 3.51. The molecule has 0 bridgehead atoms. The number of rotatable bonds is 2. The van der Waals surface area contributed by atoms with Crippen LogP contribution in [0.1, 0.15) is 5.56 Å².